The topological polar surface area (TPSA) is 74.6 Å². The van der Waals surface area contributed by atoms with E-state index >= 15 is 0 Å². The van der Waals surface area contributed by atoms with Crippen molar-refractivity contribution in [1.29, 1.82) is 0 Å². The van der Waals surface area contributed by atoms with Crippen LogP contribution in [0.2, 0.25) is 10.0 Å². The molecule has 0 radical (unpaired) electrons. The highest BCUT2D eigenvalue weighted by Crippen LogP contribution is 2.37. The number of benzene rings is 2. The molecule has 2 aromatic rings. The number of rotatable bonds is 2. The van der Waals surface area contributed by atoms with E-state index in [-0.39, 0.29) is 21.0 Å². The summed E-state index contributed by atoms with van der Waals surface area (Å²) in [6.07, 6.45) is 0. The van der Waals surface area contributed by atoms with Gasteiger partial charge in [-0.1, -0.05) is 47.5 Å². The van der Waals surface area contributed by atoms with Gasteiger partial charge < -0.3 is 10.2 Å². The number of carboxylic acids is 2. The van der Waals surface area contributed by atoms with Crippen LogP contribution in [0, 0.1) is 0 Å². The number of hydrogen-bond donors (Lipinski definition) is 2. The maximum absolute atomic E-state index is 11.2. The molecule has 2 N–H and O–H groups in total. The van der Waals surface area contributed by atoms with Crippen LogP contribution in [0.5, 0.6) is 0 Å². The molecule has 0 amide bonds. The first-order chi connectivity index (χ1) is 8.45. The first-order valence-electron chi connectivity index (χ1n) is 4.81. The molecule has 2 aromatic carbocycles. The van der Waals surface area contributed by atoms with Gasteiger partial charge in [0.2, 0.25) is 0 Å². The van der Waals surface area contributed by atoms with Gasteiger partial charge in [-0.15, -0.1) is 0 Å². The monoisotopic (exact) mass is 284 g/mol. The molecule has 0 saturated heterocycles. The van der Waals surface area contributed by atoms with E-state index in [9.17, 15) is 9.59 Å². The van der Waals surface area contributed by atoms with Crippen molar-refractivity contribution < 1.29 is 19.8 Å². The molecule has 18 heavy (non-hydrogen) atoms. The highest BCUT2D eigenvalue weighted by molar-refractivity contribution is 6.48. The first-order valence-corrected chi connectivity index (χ1v) is 5.57. The van der Waals surface area contributed by atoms with Crippen LogP contribution in [-0.4, -0.2) is 22.2 Å². The molecule has 92 valence electrons. The van der Waals surface area contributed by atoms with Crippen LogP contribution in [0.15, 0.2) is 24.3 Å². The minimum atomic E-state index is -1.43. The largest absolute Gasteiger partial charge is 0.478 e. The fourth-order valence-electron chi connectivity index (χ4n) is 1.79. The second kappa shape index (κ2) is 4.48. The summed E-state index contributed by atoms with van der Waals surface area (Å²) in [4.78, 5) is 22.4. The van der Waals surface area contributed by atoms with E-state index in [2.05, 4.69) is 0 Å². The smallest absolute Gasteiger partial charge is 0.338 e. The molecule has 0 heterocycles. The van der Waals surface area contributed by atoms with E-state index in [0.717, 1.165) is 0 Å². The molecule has 0 spiro atoms. The minimum absolute atomic E-state index is 0.0367. The summed E-state index contributed by atoms with van der Waals surface area (Å²) in [5.41, 5.74) is -0.847. The van der Waals surface area contributed by atoms with Crippen LogP contribution in [0.4, 0.5) is 0 Å². The lowest BCUT2D eigenvalue weighted by molar-refractivity contribution is 0.0653. The van der Waals surface area contributed by atoms with Gasteiger partial charge >= 0.3 is 11.9 Å². The number of carboxylic acid groups (broad SMARTS) is 2. The van der Waals surface area contributed by atoms with Gasteiger partial charge in [0.1, 0.15) is 0 Å². The number of halogens is 2. The highest BCUT2D eigenvalue weighted by atomic mass is 35.5. The summed E-state index contributed by atoms with van der Waals surface area (Å²) in [7, 11) is 0. The molecule has 0 saturated carbocycles. The van der Waals surface area contributed by atoms with Crippen molar-refractivity contribution in [2.75, 3.05) is 0 Å². The maximum atomic E-state index is 11.2. The van der Waals surface area contributed by atoms with E-state index in [4.69, 9.17) is 33.4 Å². The van der Waals surface area contributed by atoms with Crippen LogP contribution in [0.25, 0.3) is 10.8 Å². The Morgan fingerprint density at radius 2 is 1.33 bits per heavy atom. The highest BCUT2D eigenvalue weighted by Gasteiger charge is 2.25. The van der Waals surface area contributed by atoms with Gasteiger partial charge in [0.25, 0.3) is 0 Å². The van der Waals surface area contributed by atoms with Gasteiger partial charge in [-0.3, -0.25) is 0 Å². The van der Waals surface area contributed by atoms with Gasteiger partial charge in [-0.25, -0.2) is 9.59 Å². The summed E-state index contributed by atoms with van der Waals surface area (Å²) in [6, 6.07) is 6.34. The number of aromatic carboxylic acids is 2. The lowest BCUT2D eigenvalue weighted by Crippen LogP contribution is -2.10. The van der Waals surface area contributed by atoms with E-state index < -0.39 is 17.5 Å². The van der Waals surface area contributed by atoms with Crippen LogP contribution in [0.3, 0.4) is 0 Å². The maximum Gasteiger partial charge on any atom is 0.338 e. The Morgan fingerprint density at radius 1 is 0.833 bits per heavy atom. The quantitative estimate of drug-likeness (QED) is 0.884. The normalized spacial score (nSPS) is 10.6. The zero-order valence-corrected chi connectivity index (χ0v) is 10.3. The van der Waals surface area contributed by atoms with E-state index in [1.54, 1.807) is 18.2 Å². The second-order valence-corrected chi connectivity index (χ2v) is 4.29. The molecule has 0 fully saturated rings. The standard InChI is InChI=1S/C12H6Cl2O4/c13-9-6-4-2-1-3-5(6)7(11(15)16)8(10(9)14)12(17)18/h1-4H,(H,15,16)(H,17,18). The van der Waals surface area contributed by atoms with Crippen molar-refractivity contribution >= 4 is 45.9 Å². The first kappa shape index (κ1) is 12.7. The van der Waals surface area contributed by atoms with Gasteiger partial charge in [0, 0.05) is 5.39 Å². The molecule has 0 aromatic heterocycles. The minimum Gasteiger partial charge on any atom is -0.478 e. The molecule has 2 rings (SSSR count). The average Bonchev–Trinajstić information content (AvgIpc) is 2.32. The van der Waals surface area contributed by atoms with Crippen LogP contribution < -0.4 is 0 Å². The predicted octanol–water partition coefficient (Wildman–Crippen LogP) is 3.54. The third-order valence-electron chi connectivity index (χ3n) is 2.52. The number of carbonyl (C=O) groups is 2. The molecule has 0 unspecified atom stereocenters. The van der Waals surface area contributed by atoms with Crippen molar-refractivity contribution in [3.05, 3.63) is 45.4 Å². The molecule has 4 nitrogen and oxygen atoms in total. The second-order valence-electron chi connectivity index (χ2n) is 3.53. The Hall–Kier alpha value is -1.78. The van der Waals surface area contributed by atoms with Crippen molar-refractivity contribution in [2.24, 2.45) is 0 Å². The molecular formula is C12H6Cl2O4. The third-order valence-corrected chi connectivity index (χ3v) is 3.39. The fraction of sp³-hybridized carbons (Fsp3) is 0. The van der Waals surface area contributed by atoms with Gasteiger partial charge in [0.15, 0.2) is 0 Å². The Kier molecular flexibility index (Phi) is 3.15. The van der Waals surface area contributed by atoms with E-state index in [0.29, 0.717) is 5.39 Å². The van der Waals surface area contributed by atoms with E-state index in [1.807, 2.05) is 0 Å². The molecule has 0 atom stereocenters. The van der Waals surface area contributed by atoms with Crippen molar-refractivity contribution in [1.82, 2.24) is 0 Å². The average molecular weight is 285 g/mol. The van der Waals surface area contributed by atoms with Crippen LogP contribution in [0.1, 0.15) is 20.7 Å². The molecular weight excluding hydrogens is 279 g/mol. The molecule has 0 aliphatic carbocycles. The molecule has 0 aliphatic rings. The SMILES string of the molecule is O=C(O)c1c(Cl)c(Cl)c2ccccc2c1C(=O)O. The summed E-state index contributed by atoms with van der Waals surface area (Å²) in [5, 5.41) is 18.7. The summed E-state index contributed by atoms with van der Waals surface area (Å²) in [6.45, 7) is 0. The Bertz CT molecular complexity index is 679. The van der Waals surface area contributed by atoms with Crippen molar-refractivity contribution in [2.45, 2.75) is 0 Å². The lowest BCUT2D eigenvalue weighted by Gasteiger charge is -2.11. The summed E-state index contributed by atoms with van der Waals surface area (Å²) >= 11 is 11.8. The lowest BCUT2D eigenvalue weighted by atomic mass is 9.98. The Balaban J connectivity index is 3.08. The van der Waals surface area contributed by atoms with Crippen LogP contribution in [-0.2, 0) is 0 Å². The number of fused-ring (bicyclic) bond motifs is 1. The Labute approximate surface area is 111 Å². The van der Waals surface area contributed by atoms with Crippen molar-refractivity contribution in [3.8, 4) is 0 Å². The van der Waals surface area contributed by atoms with Gasteiger partial charge in [-0.05, 0) is 5.39 Å². The molecule has 0 bridgehead atoms. The summed E-state index contributed by atoms with van der Waals surface area (Å²) < 4.78 is 0. The third kappa shape index (κ3) is 1.79. The molecule has 6 heteroatoms. The predicted molar refractivity (Wildman–Crippen MR) is 67.9 cm³/mol. The van der Waals surface area contributed by atoms with Gasteiger partial charge in [-0.2, -0.15) is 0 Å². The zero-order chi connectivity index (χ0) is 13.4. The van der Waals surface area contributed by atoms with Gasteiger partial charge in [0.05, 0.1) is 21.2 Å². The Morgan fingerprint density at radius 3 is 1.83 bits per heavy atom. The van der Waals surface area contributed by atoms with E-state index in [1.165, 1.54) is 6.07 Å². The fourth-order valence-corrected chi connectivity index (χ4v) is 2.32. The van der Waals surface area contributed by atoms with Crippen LogP contribution >= 0.6 is 23.2 Å². The number of hydrogen-bond acceptors (Lipinski definition) is 2. The van der Waals surface area contributed by atoms with Crippen molar-refractivity contribution in [3.63, 3.8) is 0 Å². The summed E-state index contributed by atoms with van der Waals surface area (Å²) in [5.74, 6) is -2.78. The molecule has 0 aliphatic heterocycles. The zero-order valence-electron chi connectivity index (χ0n) is 8.78.